The number of carbonyl (C=O) groups excluding carboxylic acids is 1. The van der Waals surface area contributed by atoms with Gasteiger partial charge in [0.15, 0.2) is 17.5 Å². The number of hydrogen-bond donors (Lipinski definition) is 0. The highest BCUT2D eigenvalue weighted by atomic mass is 19.2. The highest BCUT2D eigenvalue weighted by molar-refractivity contribution is 5.78. The lowest BCUT2D eigenvalue weighted by atomic mass is 9.94. The number of nitrogens with zero attached hydrogens (tertiary/aromatic N) is 1. The van der Waals surface area contributed by atoms with Gasteiger partial charge in [-0.1, -0.05) is 0 Å². The number of piperidine rings is 1. The minimum Gasteiger partial charge on any atom is -0.377 e. The summed E-state index contributed by atoms with van der Waals surface area (Å²) in [7, 11) is 0. The normalized spacial score (nSPS) is 26.6. The summed E-state index contributed by atoms with van der Waals surface area (Å²) in [6.07, 6.45) is 2.04. The van der Waals surface area contributed by atoms with E-state index >= 15 is 0 Å². The maximum absolute atomic E-state index is 13.4. The Labute approximate surface area is 114 Å². The van der Waals surface area contributed by atoms with E-state index in [2.05, 4.69) is 0 Å². The van der Waals surface area contributed by atoms with Gasteiger partial charge in [0.05, 0.1) is 25.3 Å². The second-order valence-electron chi connectivity index (χ2n) is 5.20. The Bertz CT molecular complexity index is 524. The lowest BCUT2D eigenvalue weighted by molar-refractivity contribution is -0.151. The van der Waals surface area contributed by atoms with E-state index in [1.807, 2.05) is 0 Å². The molecule has 2 aliphatic rings. The van der Waals surface area contributed by atoms with Crippen LogP contribution >= 0.6 is 0 Å². The summed E-state index contributed by atoms with van der Waals surface area (Å²) >= 11 is 0. The van der Waals surface area contributed by atoms with Crippen LogP contribution in [0.1, 0.15) is 30.9 Å². The molecule has 0 aliphatic carbocycles. The van der Waals surface area contributed by atoms with Crippen molar-refractivity contribution in [3.63, 3.8) is 0 Å². The first kappa shape index (κ1) is 13.4. The molecular weight excluding hydrogens is 271 g/mol. The molecule has 0 radical (unpaired) electrons. The molecule has 2 saturated heterocycles. The first-order chi connectivity index (χ1) is 9.58. The Kier molecular flexibility index (Phi) is 3.41. The standard InChI is InChI=1S/C14H14F3NO2/c15-10-4-8(5-11(16)14(10)17)12-7-20-6-9-2-1-3-13(19)18(9)12/h4-5,9,12H,1-3,6-7H2/t9-,12+/m1/s1. The summed E-state index contributed by atoms with van der Waals surface area (Å²) in [5.74, 6) is -4.02. The van der Waals surface area contributed by atoms with Crippen molar-refractivity contribution in [2.45, 2.75) is 31.3 Å². The topological polar surface area (TPSA) is 29.5 Å². The molecule has 0 saturated carbocycles. The molecule has 20 heavy (non-hydrogen) atoms. The van der Waals surface area contributed by atoms with E-state index in [1.54, 1.807) is 4.90 Å². The van der Waals surface area contributed by atoms with Crippen LogP contribution in [-0.4, -0.2) is 30.1 Å². The van der Waals surface area contributed by atoms with Crippen LogP contribution in [0.5, 0.6) is 0 Å². The molecule has 0 bridgehead atoms. The number of ether oxygens (including phenoxy) is 1. The molecule has 1 aromatic carbocycles. The maximum atomic E-state index is 13.4. The van der Waals surface area contributed by atoms with Gasteiger partial charge in [0.2, 0.25) is 5.91 Å². The molecule has 2 fully saturated rings. The molecule has 108 valence electrons. The number of hydrogen-bond acceptors (Lipinski definition) is 2. The highest BCUT2D eigenvalue weighted by Crippen LogP contribution is 2.34. The summed E-state index contributed by atoms with van der Waals surface area (Å²) in [6, 6.07) is 1.27. The Hall–Kier alpha value is -1.56. The van der Waals surface area contributed by atoms with E-state index in [9.17, 15) is 18.0 Å². The number of morpholine rings is 1. The molecular formula is C14H14F3NO2. The van der Waals surface area contributed by atoms with Crippen LogP contribution in [0.25, 0.3) is 0 Å². The van der Waals surface area contributed by atoms with E-state index in [1.165, 1.54) is 0 Å². The first-order valence-corrected chi connectivity index (χ1v) is 6.61. The van der Waals surface area contributed by atoms with E-state index in [0.29, 0.717) is 13.0 Å². The predicted octanol–water partition coefficient (Wildman–Crippen LogP) is 2.56. The molecule has 1 amide bonds. The molecule has 0 N–H and O–H groups in total. The van der Waals surface area contributed by atoms with Crippen LogP contribution < -0.4 is 0 Å². The number of amides is 1. The molecule has 3 nitrogen and oxygen atoms in total. The minimum absolute atomic E-state index is 0.0420. The van der Waals surface area contributed by atoms with Gasteiger partial charge in [0.25, 0.3) is 0 Å². The summed E-state index contributed by atoms with van der Waals surface area (Å²) in [4.78, 5) is 13.7. The van der Waals surface area contributed by atoms with Crippen LogP contribution in [0.4, 0.5) is 13.2 Å². The van der Waals surface area contributed by atoms with Crippen molar-refractivity contribution in [3.05, 3.63) is 35.1 Å². The molecule has 3 rings (SSSR count). The largest absolute Gasteiger partial charge is 0.377 e. The van der Waals surface area contributed by atoms with Crippen LogP contribution in [0.3, 0.4) is 0 Å². The molecule has 6 heteroatoms. The van der Waals surface area contributed by atoms with E-state index in [4.69, 9.17) is 4.74 Å². The smallest absolute Gasteiger partial charge is 0.223 e. The molecule has 2 atom stereocenters. The van der Waals surface area contributed by atoms with Gasteiger partial charge in [0, 0.05) is 6.42 Å². The van der Waals surface area contributed by atoms with Gasteiger partial charge in [-0.3, -0.25) is 4.79 Å². The second kappa shape index (κ2) is 5.09. The van der Waals surface area contributed by atoms with Crippen molar-refractivity contribution >= 4 is 5.91 Å². The lowest BCUT2D eigenvalue weighted by Crippen LogP contribution is -2.52. The third kappa shape index (κ3) is 2.18. The Morgan fingerprint density at radius 3 is 2.55 bits per heavy atom. The number of fused-ring (bicyclic) bond motifs is 1. The lowest BCUT2D eigenvalue weighted by Gasteiger charge is -2.44. The SMILES string of the molecule is O=C1CCC[C@@H]2COC[C@@H](c3cc(F)c(F)c(F)c3)N12. The van der Waals surface area contributed by atoms with E-state index in [-0.39, 0.29) is 24.1 Å². The van der Waals surface area contributed by atoms with Crippen molar-refractivity contribution < 1.29 is 22.7 Å². The fourth-order valence-corrected chi connectivity index (χ4v) is 2.97. The van der Waals surface area contributed by atoms with Crippen LogP contribution in [-0.2, 0) is 9.53 Å². The number of rotatable bonds is 1. The number of carbonyl (C=O) groups is 1. The van der Waals surface area contributed by atoms with Crippen LogP contribution in [0, 0.1) is 17.5 Å². The van der Waals surface area contributed by atoms with Gasteiger partial charge in [-0.05, 0) is 30.5 Å². The molecule has 0 aromatic heterocycles. The Balaban J connectivity index is 1.97. The van der Waals surface area contributed by atoms with Gasteiger partial charge in [0.1, 0.15) is 0 Å². The Morgan fingerprint density at radius 2 is 1.85 bits per heavy atom. The fraction of sp³-hybridized carbons (Fsp3) is 0.500. The molecule has 0 unspecified atom stereocenters. The zero-order valence-electron chi connectivity index (χ0n) is 10.7. The summed E-state index contributed by atoms with van der Waals surface area (Å²) in [5.41, 5.74) is 0.237. The zero-order chi connectivity index (χ0) is 14.3. The average molecular weight is 285 g/mol. The van der Waals surface area contributed by atoms with E-state index in [0.717, 1.165) is 25.0 Å². The summed E-state index contributed by atoms with van der Waals surface area (Å²) in [6.45, 7) is 0.612. The van der Waals surface area contributed by atoms with Crippen molar-refractivity contribution in [1.29, 1.82) is 0 Å². The monoisotopic (exact) mass is 285 g/mol. The summed E-state index contributed by atoms with van der Waals surface area (Å²) < 4.78 is 45.2. The van der Waals surface area contributed by atoms with Gasteiger partial charge in [-0.15, -0.1) is 0 Å². The molecule has 2 heterocycles. The van der Waals surface area contributed by atoms with Crippen molar-refractivity contribution in [2.75, 3.05) is 13.2 Å². The van der Waals surface area contributed by atoms with Gasteiger partial charge in [-0.2, -0.15) is 0 Å². The van der Waals surface area contributed by atoms with Crippen molar-refractivity contribution in [2.24, 2.45) is 0 Å². The van der Waals surface area contributed by atoms with Crippen LogP contribution in [0.15, 0.2) is 12.1 Å². The summed E-state index contributed by atoms with van der Waals surface area (Å²) in [5, 5.41) is 0. The van der Waals surface area contributed by atoms with Crippen LogP contribution in [0.2, 0.25) is 0 Å². The van der Waals surface area contributed by atoms with Gasteiger partial charge < -0.3 is 9.64 Å². The fourth-order valence-electron chi connectivity index (χ4n) is 2.97. The van der Waals surface area contributed by atoms with Crippen molar-refractivity contribution in [1.82, 2.24) is 4.90 Å². The Morgan fingerprint density at radius 1 is 1.15 bits per heavy atom. The van der Waals surface area contributed by atoms with Gasteiger partial charge >= 0.3 is 0 Å². The highest BCUT2D eigenvalue weighted by Gasteiger charge is 2.38. The maximum Gasteiger partial charge on any atom is 0.223 e. The predicted molar refractivity (Wildman–Crippen MR) is 64.4 cm³/mol. The quantitative estimate of drug-likeness (QED) is 0.742. The van der Waals surface area contributed by atoms with Crippen molar-refractivity contribution in [3.8, 4) is 0 Å². The minimum atomic E-state index is -1.49. The van der Waals surface area contributed by atoms with E-state index < -0.39 is 23.5 Å². The zero-order valence-corrected chi connectivity index (χ0v) is 10.7. The molecule has 2 aliphatic heterocycles. The molecule has 1 aromatic rings. The third-order valence-electron chi connectivity index (χ3n) is 3.92. The first-order valence-electron chi connectivity index (χ1n) is 6.61. The third-order valence-corrected chi connectivity index (χ3v) is 3.92. The number of halogens is 3. The molecule has 0 spiro atoms. The average Bonchev–Trinajstić information content (AvgIpc) is 2.44. The van der Waals surface area contributed by atoms with Gasteiger partial charge in [-0.25, -0.2) is 13.2 Å². The second-order valence-corrected chi connectivity index (χ2v) is 5.20. The number of benzene rings is 1.